The van der Waals surface area contributed by atoms with Gasteiger partial charge in [-0.05, 0) is 37.2 Å². The Morgan fingerprint density at radius 1 is 1.53 bits per heavy atom. The summed E-state index contributed by atoms with van der Waals surface area (Å²) < 4.78 is 18.5. The first-order chi connectivity index (χ1) is 8.19. The molecule has 1 saturated heterocycles. The van der Waals surface area contributed by atoms with Gasteiger partial charge in [-0.3, -0.25) is 10.2 Å². The Morgan fingerprint density at radius 3 is 3.06 bits per heavy atom. The first kappa shape index (κ1) is 12.5. The molecule has 0 aliphatic carbocycles. The minimum atomic E-state index is -0.165. The van der Waals surface area contributed by atoms with E-state index in [9.17, 15) is 4.39 Å². The van der Waals surface area contributed by atoms with Crippen molar-refractivity contribution >= 4 is 0 Å². The van der Waals surface area contributed by atoms with Crippen LogP contribution in [0, 0.1) is 12.7 Å². The Kier molecular flexibility index (Phi) is 4.10. The first-order valence-electron chi connectivity index (χ1n) is 5.95. The van der Waals surface area contributed by atoms with E-state index in [1.54, 1.807) is 6.07 Å². The predicted octanol–water partition coefficient (Wildman–Crippen LogP) is 1.51. The van der Waals surface area contributed by atoms with Gasteiger partial charge in [0.05, 0.1) is 6.61 Å². The van der Waals surface area contributed by atoms with Crippen molar-refractivity contribution in [3.63, 3.8) is 0 Å². The molecule has 1 aromatic carbocycles. The lowest BCUT2D eigenvalue weighted by Gasteiger charge is -2.32. The maximum absolute atomic E-state index is 13.0. The van der Waals surface area contributed by atoms with Crippen LogP contribution in [0.5, 0.6) is 0 Å². The van der Waals surface area contributed by atoms with E-state index in [-0.39, 0.29) is 12.0 Å². The Hall–Kier alpha value is -0.970. The fourth-order valence-corrected chi connectivity index (χ4v) is 2.10. The van der Waals surface area contributed by atoms with Crippen molar-refractivity contribution in [3.8, 4) is 0 Å². The van der Waals surface area contributed by atoms with Crippen LogP contribution in [0.4, 0.5) is 4.39 Å². The topological polar surface area (TPSA) is 24.5 Å². The van der Waals surface area contributed by atoms with E-state index < -0.39 is 0 Å². The summed E-state index contributed by atoms with van der Waals surface area (Å²) >= 11 is 0. The molecule has 3 nitrogen and oxygen atoms in total. The maximum atomic E-state index is 13.0. The molecule has 0 radical (unpaired) electrons. The predicted molar refractivity (Wildman–Crippen MR) is 65.2 cm³/mol. The van der Waals surface area contributed by atoms with Crippen LogP contribution < -0.4 is 5.32 Å². The second kappa shape index (κ2) is 5.58. The molecule has 1 aromatic rings. The molecule has 0 amide bonds. The monoisotopic (exact) mass is 238 g/mol. The van der Waals surface area contributed by atoms with Crippen LogP contribution in [-0.2, 0) is 11.3 Å². The van der Waals surface area contributed by atoms with Crippen LogP contribution in [0.15, 0.2) is 18.2 Å². The van der Waals surface area contributed by atoms with Gasteiger partial charge < -0.3 is 4.74 Å². The molecule has 1 aliphatic rings. The van der Waals surface area contributed by atoms with Crippen molar-refractivity contribution < 1.29 is 9.13 Å². The highest BCUT2D eigenvalue weighted by Gasteiger charge is 2.19. The highest BCUT2D eigenvalue weighted by molar-refractivity contribution is 5.26. The fourth-order valence-electron chi connectivity index (χ4n) is 2.10. The second-order valence-corrected chi connectivity index (χ2v) is 4.45. The molecule has 0 saturated carbocycles. The van der Waals surface area contributed by atoms with Gasteiger partial charge in [-0.1, -0.05) is 6.07 Å². The molecular formula is C13H19FN2O. The molecule has 2 rings (SSSR count). The quantitative estimate of drug-likeness (QED) is 0.864. The summed E-state index contributed by atoms with van der Waals surface area (Å²) in [6.07, 6.45) is 0.101. The highest BCUT2D eigenvalue weighted by atomic mass is 19.1. The lowest BCUT2D eigenvalue weighted by Crippen LogP contribution is -2.47. The van der Waals surface area contributed by atoms with Crippen molar-refractivity contribution in [3.05, 3.63) is 35.1 Å². The van der Waals surface area contributed by atoms with Gasteiger partial charge in [-0.25, -0.2) is 4.39 Å². The minimum Gasteiger partial charge on any atom is -0.361 e. The molecule has 4 heteroatoms. The van der Waals surface area contributed by atoms with Crippen LogP contribution in [0.3, 0.4) is 0 Å². The van der Waals surface area contributed by atoms with E-state index in [0.717, 1.165) is 31.8 Å². The van der Waals surface area contributed by atoms with Crippen molar-refractivity contribution in [2.75, 3.05) is 26.7 Å². The average Bonchev–Trinajstić information content (AvgIpc) is 2.33. The molecule has 94 valence electrons. The molecule has 0 bridgehead atoms. The summed E-state index contributed by atoms with van der Waals surface area (Å²) in [5.74, 6) is -0.165. The number of likely N-dealkylation sites (N-methyl/N-ethyl adjacent to an activating group) is 1. The Bertz CT molecular complexity index is 384. The molecule has 1 N–H and O–H groups in total. The van der Waals surface area contributed by atoms with Gasteiger partial charge in [0, 0.05) is 19.6 Å². The molecule has 1 aliphatic heterocycles. The van der Waals surface area contributed by atoms with Gasteiger partial charge in [0.15, 0.2) is 0 Å². The smallest absolute Gasteiger partial charge is 0.123 e. The van der Waals surface area contributed by atoms with E-state index in [2.05, 4.69) is 10.2 Å². The number of nitrogens with zero attached hydrogens (tertiary/aromatic N) is 1. The maximum Gasteiger partial charge on any atom is 0.123 e. The van der Waals surface area contributed by atoms with Crippen LogP contribution in [0.25, 0.3) is 0 Å². The van der Waals surface area contributed by atoms with Gasteiger partial charge in [-0.2, -0.15) is 0 Å². The van der Waals surface area contributed by atoms with Gasteiger partial charge in [0.1, 0.15) is 12.0 Å². The summed E-state index contributed by atoms with van der Waals surface area (Å²) in [5, 5.41) is 3.12. The largest absolute Gasteiger partial charge is 0.361 e. The normalized spacial score (nSPS) is 21.7. The third kappa shape index (κ3) is 3.25. The Morgan fingerprint density at radius 2 is 2.35 bits per heavy atom. The SMILES string of the molecule is CNC1CN(Cc2ccc(F)cc2C)CCO1. The summed E-state index contributed by atoms with van der Waals surface area (Å²) in [7, 11) is 1.90. The van der Waals surface area contributed by atoms with Gasteiger partial charge >= 0.3 is 0 Å². The molecule has 1 unspecified atom stereocenters. The third-order valence-electron chi connectivity index (χ3n) is 3.17. The van der Waals surface area contributed by atoms with Gasteiger partial charge in [0.25, 0.3) is 0 Å². The summed E-state index contributed by atoms with van der Waals surface area (Å²) in [6, 6.07) is 4.98. The molecule has 0 aromatic heterocycles. The van der Waals surface area contributed by atoms with Gasteiger partial charge in [0.2, 0.25) is 0 Å². The number of rotatable bonds is 3. The summed E-state index contributed by atoms with van der Waals surface area (Å²) in [4.78, 5) is 2.32. The van der Waals surface area contributed by atoms with Crippen LogP contribution in [-0.4, -0.2) is 37.9 Å². The Balaban J connectivity index is 2.00. The zero-order chi connectivity index (χ0) is 12.3. The van der Waals surface area contributed by atoms with E-state index in [1.165, 1.54) is 11.6 Å². The molecular weight excluding hydrogens is 219 g/mol. The van der Waals surface area contributed by atoms with Crippen LogP contribution in [0.2, 0.25) is 0 Å². The molecule has 1 fully saturated rings. The average molecular weight is 238 g/mol. The third-order valence-corrected chi connectivity index (χ3v) is 3.17. The lowest BCUT2D eigenvalue weighted by atomic mass is 10.1. The molecule has 0 spiro atoms. The highest BCUT2D eigenvalue weighted by Crippen LogP contribution is 2.14. The number of aryl methyl sites for hydroxylation is 1. The van der Waals surface area contributed by atoms with Crippen LogP contribution in [0.1, 0.15) is 11.1 Å². The standard InChI is InChI=1S/C13H19FN2O/c1-10-7-12(14)4-3-11(10)8-16-5-6-17-13(9-16)15-2/h3-4,7,13,15H,5-6,8-9H2,1-2H3. The van der Waals surface area contributed by atoms with E-state index in [1.807, 2.05) is 20.0 Å². The Labute approximate surface area is 102 Å². The van der Waals surface area contributed by atoms with Crippen molar-refractivity contribution in [2.45, 2.75) is 19.7 Å². The van der Waals surface area contributed by atoms with Crippen LogP contribution >= 0.6 is 0 Å². The molecule has 1 heterocycles. The van der Waals surface area contributed by atoms with E-state index >= 15 is 0 Å². The zero-order valence-corrected chi connectivity index (χ0v) is 10.4. The lowest BCUT2D eigenvalue weighted by molar-refractivity contribution is -0.0443. The molecule has 17 heavy (non-hydrogen) atoms. The minimum absolute atomic E-state index is 0.101. The van der Waals surface area contributed by atoms with E-state index in [4.69, 9.17) is 4.74 Å². The van der Waals surface area contributed by atoms with Gasteiger partial charge in [-0.15, -0.1) is 0 Å². The summed E-state index contributed by atoms with van der Waals surface area (Å²) in [6.45, 7) is 5.34. The number of hydrogen-bond donors (Lipinski definition) is 1. The number of nitrogens with one attached hydrogen (secondary N) is 1. The number of halogens is 1. The van der Waals surface area contributed by atoms with Crippen molar-refractivity contribution in [2.24, 2.45) is 0 Å². The molecule has 1 atom stereocenters. The number of morpholine rings is 1. The number of benzene rings is 1. The first-order valence-corrected chi connectivity index (χ1v) is 5.95. The van der Waals surface area contributed by atoms with Crippen molar-refractivity contribution in [1.29, 1.82) is 0 Å². The number of hydrogen-bond acceptors (Lipinski definition) is 3. The second-order valence-electron chi connectivity index (χ2n) is 4.45. The fraction of sp³-hybridized carbons (Fsp3) is 0.538. The van der Waals surface area contributed by atoms with Crippen molar-refractivity contribution in [1.82, 2.24) is 10.2 Å². The summed E-state index contributed by atoms with van der Waals surface area (Å²) in [5.41, 5.74) is 2.20. The zero-order valence-electron chi connectivity index (χ0n) is 10.4. The van der Waals surface area contributed by atoms with E-state index in [0.29, 0.717) is 0 Å². The number of ether oxygens (including phenoxy) is 1.